The molecule has 1 aromatic carbocycles. The van der Waals surface area contributed by atoms with Gasteiger partial charge in [-0.05, 0) is 25.5 Å². The van der Waals surface area contributed by atoms with Gasteiger partial charge in [-0.2, -0.15) is 0 Å². The number of methoxy groups -OCH3 is 1. The van der Waals surface area contributed by atoms with Crippen LogP contribution in [-0.4, -0.2) is 18.1 Å². The number of aryl methyl sites for hydroxylation is 2. The zero-order chi connectivity index (χ0) is 11.7. The summed E-state index contributed by atoms with van der Waals surface area (Å²) in [6, 6.07) is 7.78. The molecule has 0 bridgehead atoms. The van der Waals surface area contributed by atoms with Crippen molar-refractivity contribution in [2.24, 2.45) is 0 Å². The van der Waals surface area contributed by atoms with E-state index in [9.17, 15) is 4.79 Å². The molecule has 4 heteroatoms. The summed E-state index contributed by atoms with van der Waals surface area (Å²) in [5.74, 6) is -0.326. The lowest BCUT2D eigenvalue weighted by atomic mass is 10.0. The average molecular weight is 252 g/mol. The van der Waals surface area contributed by atoms with E-state index in [1.54, 1.807) is 0 Å². The molecular formula is C13H14ClNO2. The smallest absolute Gasteiger partial charge is 0.339 e. The number of pyridine rings is 1. The third-order valence-corrected chi connectivity index (χ3v) is 2.72. The molecule has 0 atom stereocenters. The summed E-state index contributed by atoms with van der Waals surface area (Å²) in [6.07, 6.45) is 0. The number of hydrogen-bond donors (Lipinski definition) is 0. The predicted octanol–water partition coefficient (Wildman–Crippen LogP) is 3.06. The Morgan fingerprint density at radius 1 is 1.24 bits per heavy atom. The van der Waals surface area contributed by atoms with E-state index in [0.717, 1.165) is 16.5 Å². The molecule has 17 heavy (non-hydrogen) atoms. The number of hydrogen-bond acceptors (Lipinski definition) is 3. The Kier molecular flexibility index (Phi) is 4.07. The Morgan fingerprint density at radius 2 is 1.88 bits per heavy atom. The number of esters is 1. The van der Waals surface area contributed by atoms with Gasteiger partial charge in [0.1, 0.15) is 0 Å². The van der Waals surface area contributed by atoms with Crippen molar-refractivity contribution >= 4 is 29.3 Å². The van der Waals surface area contributed by atoms with Crippen LogP contribution in [0.1, 0.15) is 21.6 Å². The topological polar surface area (TPSA) is 39.2 Å². The summed E-state index contributed by atoms with van der Waals surface area (Å²) >= 11 is 0. The Morgan fingerprint density at radius 3 is 2.53 bits per heavy atom. The largest absolute Gasteiger partial charge is 0.465 e. The van der Waals surface area contributed by atoms with Crippen LogP contribution < -0.4 is 0 Å². The van der Waals surface area contributed by atoms with Crippen LogP contribution >= 0.6 is 12.4 Å². The highest BCUT2D eigenvalue weighted by Gasteiger charge is 2.16. The number of carbonyl (C=O) groups is 1. The van der Waals surface area contributed by atoms with Crippen LogP contribution in [0.2, 0.25) is 0 Å². The lowest BCUT2D eigenvalue weighted by Crippen LogP contribution is -2.08. The number of nitrogens with zero attached hydrogens (tertiary/aromatic N) is 1. The van der Waals surface area contributed by atoms with Gasteiger partial charge < -0.3 is 4.74 Å². The summed E-state index contributed by atoms with van der Waals surface area (Å²) in [6.45, 7) is 3.74. The van der Waals surface area contributed by atoms with Crippen molar-refractivity contribution in [3.05, 3.63) is 41.1 Å². The van der Waals surface area contributed by atoms with Gasteiger partial charge in [-0.3, -0.25) is 4.98 Å². The Hall–Kier alpha value is -1.61. The number of rotatable bonds is 1. The lowest BCUT2D eigenvalue weighted by molar-refractivity contribution is 0.0599. The first kappa shape index (κ1) is 13.5. The van der Waals surface area contributed by atoms with Crippen LogP contribution in [0.15, 0.2) is 24.3 Å². The van der Waals surface area contributed by atoms with Crippen molar-refractivity contribution in [2.45, 2.75) is 13.8 Å². The standard InChI is InChI=1S/C13H13NO2.ClH/c1-8-10-6-4-5-7-11(10)14-9(2)12(8)13(15)16-3;/h4-7H,1-3H3;1H. The Labute approximate surface area is 106 Å². The van der Waals surface area contributed by atoms with Crippen LogP contribution in [0.4, 0.5) is 0 Å². The van der Waals surface area contributed by atoms with Gasteiger partial charge in [-0.1, -0.05) is 18.2 Å². The van der Waals surface area contributed by atoms with Gasteiger partial charge in [0, 0.05) is 5.39 Å². The molecule has 1 heterocycles. The molecule has 3 nitrogen and oxygen atoms in total. The van der Waals surface area contributed by atoms with Gasteiger partial charge in [0.2, 0.25) is 0 Å². The fraction of sp³-hybridized carbons (Fsp3) is 0.231. The van der Waals surface area contributed by atoms with Crippen LogP contribution in [0.3, 0.4) is 0 Å². The first-order valence-electron chi connectivity index (χ1n) is 5.09. The summed E-state index contributed by atoms with van der Waals surface area (Å²) in [4.78, 5) is 16.0. The molecule has 2 rings (SSSR count). The van der Waals surface area contributed by atoms with Crippen molar-refractivity contribution in [1.82, 2.24) is 4.98 Å². The fourth-order valence-electron chi connectivity index (χ4n) is 1.93. The molecule has 0 radical (unpaired) electrons. The van der Waals surface area contributed by atoms with Gasteiger partial charge in [-0.25, -0.2) is 4.79 Å². The minimum Gasteiger partial charge on any atom is -0.465 e. The number of ether oxygens (including phenoxy) is 1. The second kappa shape index (κ2) is 5.15. The maximum atomic E-state index is 11.6. The van der Waals surface area contributed by atoms with E-state index in [1.807, 2.05) is 38.1 Å². The minimum absolute atomic E-state index is 0. The number of halogens is 1. The summed E-state index contributed by atoms with van der Waals surface area (Å²) < 4.78 is 4.77. The van der Waals surface area contributed by atoms with Gasteiger partial charge in [0.15, 0.2) is 0 Å². The monoisotopic (exact) mass is 251 g/mol. The molecule has 90 valence electrons. The van der Waals surface area contributed by atoms with Crippen LogP contribution in [0.25, 0.3) is 10.9 Å². The maximum Gasteiger partial charge on any atom is 0.339 e. The van der Waals surface area contributed by atoms with Crippen molar-refractivity contribution in [1.29, 1.82) is 0 Å². The molecular weight excluding hydrogens is 238 g/mol. The van der Waals surface area contributed by atoms with E-state index in [1.165, 1.54) is 7.11 Å². The van der Waals surface area contributed by atoms with E-state index in [4.69, 9.17) is 4.74 Å². The predicted molar refractivity (Wildman–Crippen MR) is 69.8 cm³/mol. The third kappa shape index (κ3) is 2.24. The summed E-state index contributed by atoms with van der Waals surface area (Å²) in [5.41, 5.74) is 3.12. The van der Waals surface area contributed by atoms with E-state index in [2.05, 4.69) is 4.98 Å². The van der Waals surface area contributed by atoms with E-state index in [-0.39, 0.29) is 18.4 Å². The molecule has 0 N–H and O–H groups in total. The van der Waals surface area contributed by atoms with E-state index < -0.39 is 0 Å². The van der Waals surface area contributed by atoms with Gasteiger partial charge >= 0.3 is 5.97 Å². The fourth-order valence-corrected chi connectivity index (χ4v) is 1.93. The van der Waals surface area contributed by atoms with Gasteiger partial charge in [0.25, 0.3) is 0 Å². The summed E-state index contributed by atoms with van der Waals surface area (Å²) in [5, 5.41) is 0.994. The van der Waals surface area contributed by atoms with Crippen LogP contribution in [0, 0.1) is 13.8 Å². The molecule has 0 unspecified atom stereocenters. The SMILES string of the molecule is COC(=O)c1c(C)nc2ccccc2c1C.Cl. The number of fused-ring (bicyclic) bond motifs is 1. The molecule has 0 aliphatic rings. The van der Waals surface area contributed by atoms with Crippen LogP contribution in [-0.2, 0) is 4.74 Å². The van der Waals surface area contributed by atoms with Crippen molar-refractivity contribution < 1.29 is 9.53 Å². The lowest BCUT2D eigenvalue weighted by Gasteiger charge is -2.10. The Balaban J connectivity index is 0.00000144. The molecule has 0 aliphatic carbocycles. The van der Waals surface area contributed by atoms with Gasteiger partial charge in [0.05, 0.1) is 23.9 Å². The van der Waals surface area contributed by atoms with Gasteiger partial charge in [-0.15, -0.1) is 12.4 Å². The van der Waals surface area contributed by atoms with Crippen molar-refractivity contribution in [3.8, 4) is 0 Å². The van der Waals surface area contributed by atoms with Crippen molar-refractivity contribution in [2.75, 3.05) is 7.11 Å². The molecule has 0 saturated carbocycles. The zero-order valence-corrected chi connectivity index (χ0v) is 10.8. The molecule has 0 spiro atoms. The normalized spacial score (nSPS) is 9.82. The van der Waals surface area contributed by atoms with E-state index in [0.29, 0.717) is 11.3 Å². The quantitative estimate of drug-likeness (QED) is 0.732. The highest BCUT2D eigenvalue weighted by Crippen LogP contribution is 2.22. The third-order valence-electron chi connectivity index (χ3n) is 2.72. The maximum absolute atomic E-state index is 11.6. The first-order chi connectivity index (χ1) is 7.65. The highest BCUT2D eigenvalue weighted by atomic mass is 35.5. The Bertz CT molecular complexity index is 567. The first-order valence-corrected chi connectivity index (χ1v) is 5.09. The molecule has 0 aliphatic heterocycles. The molecule has 0 saturated heterocycles. The molecule has 0 amide bonds. The van der Waals surface area contributed by atoms with E-state index >= 15 is 0 Å². The minimum atomic E-state index is -0.326. The second-order valence-corrected chi connectivity index (χ2v) is 3.71. The average Bonchev–Trinajstić information content (AvgIpc) is 2.28. The number of benzene rings is 1. The zero-order valence-electron chi connectivity index (χ0n) is 9.98. The number of para-hydroxylation sites is 1. The summed E-state index contributed by atoms with van der Waals surface area (Å²) in [7, 11) is 1.39. The second-order valence-electron chi connectivity index (χ2n) is 3.71. The van der Waals surface area contributed by atoms with Crippen LogP contribution in [0.5, 0.6) is 0 Å². The highest BCUT2D eigenvalue weighted by molar-refractivity contribution is 5.98. The van der Waals surface area contributed by atoms with Crippen molar-refractivity contribution in [3.63, 3.8) is 0 Å². The molecule has 2 aromatic rings. The molecule has 0 fully saturated rings. The molecule has 1 aromatic heterocycles. The number of aromatic nitrogens is 1. The number of carbonyl (C=O) groups excluding carboxylic acids is 1.